The summed E-state index contributed by atoms with van der Waals surface area (Å²) in [6.45, 7) is 16.5. The second kappa shape index (κ2) is 11.7. The largest absolute Gasteiger partial charge is 0.510 e. The smallest absolute Gasteiger partial charge is 0.208 e. The van der Waals surface area contributed by atoms with E-state index in [0.29, 0.717) is 11.4 Å². The molecule has 0 fully saturated rings. The van der Waals surface area contributed by atoms with Gasteiger partial charge < -0.3 is 19.6 Å². The molecule has 0 aliphatic carbocycles. The van der Waals surface area contributed by atoms with Gasteiger partial charge in [-0.3, -0.25) is 0 Å². The van der Waals surface area contributed by atoms with Crippen LogP contribution in [-0.4, -0.2) is 30.6 Å². The van der Waals surface area contributed by atoms with Crippen LogP contribution in [0.15, 0.2) is 67.3 Å². The van der Waals surface area contributed by atoms with Gasteiger partial charge >= 0.3 is 0 Å². The molecule has 0 aromatic heterocycles. The summed E-state index contributed by atoms with van der Waals surface area (Å²) >= 11 is 0. The number of hydrogen-bond acceptors (Lipinski definition) is 4. The Kier molecular flexibility index (Phi) is 9.65. The normalized spacial score (nSPS) is 13.6. The van der Waals surface area contributed by atoms with E-state index in [1.54, 1.807) is 12.1 Å². The molecule has 0 saturated heterocycles. The van der Waals surface area contributed by atoms with Crippen molar-refractivity contribution in [3.05, 3.63) is 103 Å². The van der Waals surface area contributed by atoms with E-state index in [1.165, 1.54) is 0 Å². The average Bonchev–Trinajstić information content (AvgIpc) is 3.37. The zero-order valence-corrected chi connectivity index (χ0v) is 18.5. The number of nitrogens with zero attached hydrogens (tertiary/aromatic N) is 6. The van der Waals surface area contributed by atoms with Gasteiger partial charge in [0.05, 0.1) is 13.2 Å². The minimum Gasteiger partial charge on any atom is -0.510 e. The minimum atomic E-state index is 0. The summed E-state index contributed by atoms with van der Waals surface area (Å²) in [5.74, 6) is 0. The third-order valence-corrected chi connectivity index (χ3v) is 4.14. The van der Waals surface area contributed by atoms with Crippen LogP contribution in [-0.2, 0) is 20.1 Å². The van der Waals surface area contributed by atoms with Crippen molar-refractivity contribution in [1.29, 1.82) is 0 Å². The summed E-state index contributed by atoms with van der Waals surface area (Å²) < 4.78 is 0. The number of hydrogen-bond donors (Lipinski definition) is 0. The summed E-state index contributed by atoms with van der Waals surface area (Å²) in [5, 5.41) is 0. The number of rotatable bonds is 2. The molecule has 0 unspecified atom stereocenters. The Hall–Kier alpha value is -3.25. The van der Waals surface area contributed by atoms with Gasteiger partial charge in [-0.2, -0.15) is 12.7 Å². The number of anilines is 2. The molecule has 6 nitrogen and oxygen atoms in total. The molecule has 4 rings (SSSR count). The maximum Gasteiger partial charge on any atom is 0.208 e. The maximum atomic E-state index is 6.84. The van der Waals surface area contributed by atoms with Crippen molar-refractivity contribution in [2.45, 2.75) is 7.43 Å². The van der Waals surface area contributed by atoms with E-state index in [1.807, 2.05) is 85.7 Å². The van der Waals surface area contributed by atoms with Gasteiger partial charge in [-0.25, -0.2) is 9.69 Å². The van der Waals surface area contributed by atoms with Crippen LogP contribution < -0.4 is 9.80 Å². The first-order valence-electron chi connectivity index (χ1n) is 8.64. The Morgan fingerprint density at radius 1 is 0.900 bits per heavy atom. The van der Waals surface area contributed by atoms with Crippen molar-refractivity contribution in [2.75, 3.05) is 30.6 Å². The van der Waals surface area contributed by atoms with E-state index in [0.717, 1.165) is 18.0 Å². The van der Waals surface area contributed by atoms with Crippen LogP contribution in [0.4, 0.5) is 22.7 Å². The van der Waals surface area contributed by atoms with E-state index in [9.17, 15) is 0 Å². The molecule has 2 aromatic rings. The van der Waals surface area contributed by atoms with Crippen molar-refractivity contribution in [1.82, 2.24) is 9.80 Å². The number of benzene rings is 2. The van der Waals surface area contributed by atoms with Gasteiger partial charge in [0.15, 0.2) is 5.69 Å². The molecule has 157 valence electrons. The predicted molar refractivity (Wildman–Crippen MR) is 119 cm³/mol. The van der Waals surface area contributed by atoms with Gasteiger partial charge in [-0.05, 0) is 31.6 Å². The van der Waals surface area contributed by atoms with Crippen LogP contribution in [0, 0.1) is 25.9 Å². The quantitative estimate of drug-likeness (QED) is 0.445. The van der Waals surface area contributed by atoms with Crippen molar-refractivity contribution in [3.63, 3.8) is 0 Å². The monoisotopic (exact) mass is 577 g/mol. The second-order valence-corrected chi connectivity index (χ2v) is 6.32. The van der Waals surface area contributed by atoms with Gasteiger partial charge in [0, 0.05) is 45.2 Å². The minimum absolute atomic E-state index is 0. The van der Waals surface area contributed by atoms with E-state index >= 15 is 0 Å². The van der Waals surface area contributed by atoms with Crippen LogP contribution in [0.2, 0.25) is 0 Å². The molecular formula is C23H24IrN6-2. The summed E-state index contributed by atoms with van der Waals surface area (Å²) in [4.78, 5) is 14.8. The van der Waals surface area contributed by atoms with E-state index in [-0.39, 0.29) is 27.5 Å². The molecule has 2 aliphatic rings. The SMILES string of the molecule is C.[C-]#[N+]c1c[c-]c(N2C=CN(C)[CH-]2)cc1.[C-]#[N+]c1ccc(N2C=CN(C)C2)cc1.[Ir]. The first-order chi connectivity index (χ1) is 13.6. The zero-order valence-electron chi connectivity index (χ0n) is 16.2. The zero-order chi connectivity index (χ0) is 19.9. The summed E-state index contributed by atoms with van der Waals surface area (Å²) in [5.41, 5.74) is 3.37. The molecule has 2 aromatic carbocycles. The summed E-state index contributed by atoms with van der Waals surface area (Å²) in [6, 6.07) is 16.0. The third kappa shape index (κ3) is 6.39. The predicted octanol–water partition coefficient (Wildman–Crippen LogP) is 5.43. The van der Waals surface area contributed by atoms with E-state index < -0.39 is 0 Å². The average molecular weight is 577 g/mol. The summed E-state index contributed by atoms with van der Waals surface area (Å²) in [6.07, 6.45) is 7.97. The van der Waals surface area contributed by atoms with Crippen LogP contribution >= 0.6 is 0 Å². The van der Waals surface area contributed by atoms with Crippen LogP contribution in [0.3, 0.4) is 0 Å². The topological polar surface area (TPSA) is 21.7 Å². The molecule has 0 amide bonds. The van der Waals surface area contributed by atoms with Gasteiger partial charge in [-0.1, -0.05) is 31.7 Å². The molecule has 0 bridgehead atoms. The maximum absolute atomic E-state index is 6.84. The Balaban J connectivity index is 0.000000281. The molecule has 1 radical (unpaired) electrons. The van der Waals surface area contributed by atoms with Crippen LogP contribution in [0.25, 0.3) is 9.69 Å². The third-order valence-electron chi connectivity index (χ3n) is 4.14. The molecule has 2 heterocycles. The Labute approximate surface area is 193 Å². The molecule has 0 atom stereocenters. The van der Waals surface area contributed by atoms with Crippen molar-refractivity contribution >= 4 is 22.7 Å². The molecule has 0 N–H and O–H groups in total. The molecule has 7 heteroatoms. The Bertz CT molecular complexity index is 858. The fraction of sp³-hybridized carbons (Fsp3) is 0.174. The molecule has 2 aliphatic heterocycles. The van der Waals surface area contributed by atoms with E-state index in [4.69, 9.17) is 13.1 Å². The fourth-order valence-electron chi connectivity index (χ4n) is 2.65. The van der Waals surface area contributed by atoms with Gasteiger partial charge in [-0.15, -0.1) is 11.8 Å². The Morgan fingerprint density at radius 2 is 1.57 bits per heavy atom. The molecule has 30 heavy (non-hydrogen) atoms. The van der Waals surface area contributed by atoms with Gasteiger partial charge in [0.2, 0.25) is 5.69 Å². The molecular weight excluding hydrogens is 553 g/mol. The Morgan fingerprint density at radius 3 is 2.03 bits per heavy atom. The van der Waals surface area contributed by atoms with Gasteiger partial charge in [0.1, 0.15) is 6.57 Å². The first-order valence-corrected chi connectivity index (χ1v) is 8.64. The molecule has 0 spiro atoms. The van der Waals surface area contributed by atoms with Crippen LogP contribution in [0.1, 0.15) is 7.43 Å². The molecule has 0 saturated carbocycles. The first kappa shape index (κ1) is 24.8. The van der Waals surface area contributed by atoms with Crippen molar-refractivity contribution < 1.29 is 20.1 Å². The van der Waals surface area contributed by atoms with Crippen molar-refractivity contribution in [3.8, 4) is 0 Å². The van der Waals surface area contributed by atoms with Crippen LogP contribution in [0.5, 0.6) is 0 Å². The fourth-order valence-corrected chi connectivity index (χ4v) is 2.65. The standard InChI is InChI=1S/C11H11N3.C11H9N3.CH4.Ir/c2*1-12-10-3-5-11(6-4-10)14-8-7-13(2)9-14;;/h3-8H,9H2,2H3;3-5,7-9H,2H3;1H4;/q;-2;;. The van der Waals surface area contributed by atoms with Gasteiger partial charge in [0.25, 0.3) is 0 Å². The second-order valence-electron chi connectivity index (χ2n) is 6.32. The van der Waals surface area contributed by atoms with E-state index in [2.05, 4.69) is 25.6 Å². The summed E-state index contributed by atoms with van der Waals surface area (Å²) in [7, 11) is 3.99. The van der Waals surface area contributed by atoms with Crippen molar-refractivity contribution in [2.24, 2.45) is 0 Å².